The zero-order valence-electron chi connectivity index (χ0n) is 14.6. The number of sulfone groups is 1. The van der Waals surface area contributed by atoms with Crippen LogP contribution >= 0.6 is 0 Å². The quantitative estimate of drug-likeness (QED) is 0.794. The molecule has 134 valence electrons. The SMILES string of the molecule is CC(C)(C(=O)NCc1ccccc1)c1ccc(S(=O)(=O)C=CC#N)cc1. The zero-order valence-corrected chi connectivity index (χ0v) is 15.5. The number of carbonyl (C=O) groups is 1. The monoisotopic (exact) mass is 368 g/mol. The Labute approximate surface area is 153 Å². The van der Waals surface area contributed by atoms with Crippen molar-refractivity contribution in [3.63, 3.8) is 0 Å². The van der Waals surface area contributed by atoms with Crippen molar-refractivity contribution in [3.05, 3.63) is 77.2 Å². The molecule has 1 amide bonds. The summed E-state index contributed by atoms with van der Waals surface area (Å²) >= 11 is 0. The summed E-state index contributed by atoms with van der Waals surface area (Å²) < 4.78 is 24.1. The Hall–Kier alpha value is -2.91. The number of nitriles is 1. The first kappa shape index (κ1) is 19.4. The maximum atomic E-state index is 12.6. The Kier molecular flexibility index (Phi) is 5.96. The number of hydrogen-bond donors (Lipinski definition) is 1. The maximum Gasteiger partial charge on any atom is 0.230 e. The second kappa shape index (κ2) is 7.98. The van der Waals surface area contributed by atoms with Gasteiger partial charge in [0.05, 0.1) is 16.4 Å². The average molecular weight is 368 g/mol. The van der Waals surface area contributed by atoms with Gasteiger partial charge in [-0.25, -0.2) is 8.42 Å². The molecule has 1 N–H and O–H groups in total. The first-order valence-corrected chi connectivity index (χ1v) is 9.56. The van der Waals surface area contributed by atoms with Gasteiger partial charge >= 0.3 is 0 Å². The average Bonchev–Trinajstić information content (AvgIpc) is 2.65. The van der Waals surface area contributed by atoms with Gasteiger partial charge in [-0.15, -0.1) is 0 Å². The molecule has 6 heteroatoms. The number of benzene rings is 2. The molecule has 0 radical (unpaired) electrons. The Balaban J connectivity index is 2.14. The van der Waals surface area contributed by atoms with Crippen LogP contribution in [0.4, 0.5) is 0 Å². The van der Waals surface area contributed by atoms with E-state index in [0.717, 1.165) is 17.0 Å². The van der Waals surface area contributed by atoms with Crippen LogP contribution in [0.3, 0.4) is 0 Å². The van der Waals surface area contributed by atoms with E-state index in [1.165, 1.54) is 12.1 Å². The molecule has 0 saturated carbocycles. The number of allylic oxidation sites excluding steroid dienone is 1. The molecule has 2 aromatic carbocycles. The molecule has 0 fully saturated rings. The van der Waals surface area contributed by atoms with Gasteiger partial charge in [0, 0.05) is 18.0 Å². The Bertz CT molecular complexity index is 939. The summed E-state index contributed by atoms with van der Waals surface area (Å²) in [4.78, 5) is 12.7. The molecule has 0 aliphatic rings. The molecule has 0 spiro atoms. The molecule has 2 rings (SSSR count). The van der Waals surface area contributed by atoms with Crippen molar-refractivity contribution in [2.24, 2.45) is 0 Å². The smallest absolute Gasteiger partial charge is 0.230 e. The topological polar surface area (TPSA) is 87.0 Å². The van der Waals surface area contributed by atoms with E-state index in [1.807, 2.05) is 30.3 Å². The third-order valence-corrected chi connectivity index (χ3v) is 5.51. The standard InChI is InChI=1S/C20H20N2O3S/c1-20(2,19(23)22-15-16-7-4-3-5-8-16)17-9-11-18(12-10-17)26(24,25)14-6-13-21/h3-12,14H,15H2,1-2H3,(H,22,23). The molecule has 0 aliphatic heterocycles. The fourth-order valence-corrected chi connectivity index (χ4v) is 3.30. The minimum atomic E-state index is -3.65. The number of nitrogens with one attached hydrogen (secondary N) is 1. The van der Waals surface area contributed by atoms with E-state index in [4.69, 9.17) is 5.26 Å². The minimum absolute atomic E-state index is 0.0771. The van der Waals surface area contributed by atoms with Gasteiger partial charge < -0.3 is 5.32 Å². The van der Waals surface area contributed by atoms with Crippen molar-refractivity contribution in [3.8, 4) is 6.07 Å². The van der Waals surface area contributed by atoms with E-state index in [2.05, 4.69) is 5.32 Å². The number of carbonyl (C=O) groups excluding carboxylic acids is 1. The van der Waals surface area contributed by atoms with Crippen LogP contribution in [0.1, 0.15) is 25.0 Å². The number of hydrogen-bond acceptors (Lipinski definition) is 4. The van der Waals surface area contributed by atoms with Gasteiger partial charge in [0.2, 0.25) is 15.7 Å². The van der Waals surface area contributed by atoms with Crippen LogP contribution in [0.15, 0.2) is 71.0 Å². The minimum Gasteiger partial charge on any atom is -0.351 e. The molecule has 26 heavy (non-hydrogen) atoms. The van der Waals surface area contributed by atoms with Gasteiger partial charge in [0.1, 0.15) is 0 Å². The first-order valence-electron chi connectivity index (χ1n) is 8.01. The highest BCUT2D eigenvalue weighted by atomic mass is 32.2. The van der Waals surface area contributed by atoms with Crippen LogP contribution in [0.5, 0.6) is 0 Å². The highest BCUT2D eigenvalue weighted by Crippen LogP contribution is 2.25. The summed E-state index contributed by atoms with van der Waals surface area (Å²) in [6, 6.07) is 17.4. The van der Waals surface area contributed by atoms with Gasteiger partial charge in [-0.05, 0) is 37.1 Å². The molecule has 0 atom stereocenters. The van der Waals surface area contributed by atoms with Crippen LogP contribution in [-0.4, -0.2) is 14.3 Å². The molecule has 2 aromatic rings. The van der Waals surface area contributed by atoms with Crippen molar-refractivity contribution in [2.45, 2.75) is 30.7 Å². The predicted molar refractivity (Wildman–Crippen MR) is 99.7 cm³/mol. The van der Waals surface area contributed by atoms with E-state index in [-0.39, 0.29) is 10.8 Å². The fourth-order valence-electron chi connectivity index (χ4n) is 2.39. The van der Waals surface area contributed by atoms with Crippen molar-refractivity contribution in [1.82, 2.24) is 5.32 Å². The lowest BCUT2D eigenvalue weighted by Crippen LogP contribution is -2.39. The molecule has 0 heterocycles. The van der Waals surface area contributed by atoms with Gasteiger partial charge in [0.25, 0.3) is 0 Å². The number of rotatable bonds is 6. The van der Waals surface area contributed by atoms with Crippen molar-refractivity contribution in [1.29, 1.82) is 5.26 Å². The largest absolute Gasteiger partial charge is 0.351 e. The second-order valence-corrected chi connectivity index (χ2v) is 8.13. The van der Waals surface area contributed by atoms with E-state index in [9.17, 15) is 13.2 Å². The van der Waals surface area contributed by atoms with Gasteiger partial charge in [0.15, 0.2) is 0 Å². The lowest BCUT2D eigenvalue weighted by atomic mass is 9.83. The third-order valence-electron chi connectivity index (χ3n) is 4.09. The van der Waals surface area contributed by atoms with Gasteiger partial charge in [-0.1, -0.05) is 42.5 Å². The molecule has 0 aliphatic carbocycles. The number of amides is 1. The highest BCUT2D eigenvalue weighted by molar-refractivity contribution is 7.94. The molecule has 0 unspecified atom stereocenters. The van der Waals surface area contributed by atoms with E-state index in [0.29, 0.717) is 12.1 Å². The summed E-state index contributed by atoms with van der Waals surface area (Å²) in [7, 11) is -3.65. The summed E-state index contributed by atoms with van der Waals surface area (Å²) in [5, 5.41) is 12.2. The highest BCUT2D eigenvalue weighted by Gasteiger charge is 2.29. The van der Waals surface area contributed by atoms with Crippen molar-refractivity contribution in [2.75, 3.05) is 0 Å². The molecule has 5 nitrogen and oxygen atoms in total. The van der Waals surface area contributed by atoms with Gasteiger partial charge in [-0.2, -0.15) is 5.26 Å². The fraction of sp³-hybridized carbons (Fsp3) is 0.200. The molecular weight excluding hydrogens is 348 g/mol. The Morgan fingerprint density at radius 2 is 1.73 bits per heavy atom. The van der Waals surface area contributed by atoms with Crippen molar-refractivity contribution >= 4 is 15.7 Å². The van der Waals surface area contributed by atoms with Crippen LogP contribution in [0.25, 0.3) is 0 Å². The molecular formula is C20H20N2O3S. The van der Waals surface area contributed by atoms with Crippen LogP contribution in [0, 0.1) is 11.3 Å². The molecule has 0 aromatic heterocycles. The Morgan fingerprint density at radius 1 is 1.12 bits per heavy atom. The second-order valence-electron chi connectivity index (χ2n) is 6.29. The molecule has 0 bridgehead atoms. The lowest BCUT2D eigenvalue weighted by molar-refractivity contribution is -0.125. The summed E-state index contributed by atoms with van der Waals surface area (Å²) in [5.74, 6) is -0.152. The molecule has 0 saturated heterocycles. The van der Waals surface area contributed by atoms with Crippen LogP contribution in [0.2, 0.25) is 0 Å². The summed E-state index contributed by atoms with van der Waals surface area (Å²) in [5.41, 5.74) is 0.883. The Morgan fingerprint density at radius 3 is 2.31 bits per heavy atom. The zero-order chi connectivity index (χ0) is 19.2. The third kappa shape index (κ3) is 4.58. The first-order chi connectivity index (χ1) is 12.3. The van der Waals surface area contributed by atoms with E-state index >= 15 is 0 Å². The van der Waals surface area contributed by atoms with Gasteiger partial charge in [-0.3, -0.25) is 4.79 Å². The lowest BCUT2D eigenvalue weighted by Gasteiger charge is -2.24. The number of nitrogens with zero attached hydrogens (tertiary/aromatic N) is 1. The van der Waals surface area contributed by atoms with Crippen LogP contribution in [-0.2, 0) is 26.6 Å². The normalized spacial score (nSPS) is 11.9. The van der Waals surface area contributed by atoms with E-state index < -0.39 is 15.3 Å². The maximum absolute atomic E-state index is 12.6. The van der Waals surface area contributed by atoms with Crippen molar-refractivity contribution < 1.29 is 13.2 Å². The summed E-state index contributed by atoms with van der Waals surface area (Å²) in [6.07, 6.45) is 0.921. The predicted octanol–water partition coefficient (Wildman–Crippen LogP) is 3.09. The van der Waals surface area contributed by atoms with E-state index in [1.54, 1.807) is 32.0 Å². The summed E-state index contributed by atoms with van der Waals surface area (Å²) in [6.45, 7) is 3.99. The van der Waals surface area contributed by atoms with Crippen LogP contribution < -0.4 is 5.32 Å².